The summed E-state index contributed by atoms with van der Waals surface area (Å²) in [7, 11) is 1.51. The monoisotopic (exact) mass is 445 g/mol. The minimum absolute atomic E-state index is 0.0918. The molecular weight excluding hydrogens is 425 g/mol. The lowest BCUT2D eigenvalue weighted by Gasteiger charge is -2.24. The molecule has 3 N–H and O–H groups in total. The Bertz CT molecular complexity index is 1090. The van der Waals surface area contributed by atoms with Gasteiger partial charge in [0.25, 0.3) is 0 Å². The van der Waals surface area contributed by atoms with Crippen LogP contribution in [0.5, 0.6) is 5.88 Å². The SMILES string of the molecule is COc1ccc(N(Cc2n[nH]c3c2CC(O)CC3)C(=O)Nc2ccc(F)c(Cl)c2)cn1. The van der Waals surface area contributed by atoms with Crippen LogP contribution < -0.4 is 15.0 Å². The number of urea groups is 1. The molecular formula is C21H21ClFN5O3. The lowest BCUT2D eigenvalue weighted by Crippen LogP contribution is -2.35. The van der Waals surface area contributed by atoms with Gasteiger partial charge in [-0.25, -0.2) is 14.2 Å². The molecule has 8 nitrogen and oxygen atoms in total. The third-order valence-electron chi connectivity index (χ3n) is 5.17. The van der Waals surface area contributed by atoms with Crippen LogP contribution in [-0.4, -0.2) is 39.5 Å². The number of nitrogens with one attached hydrogen (secondary N) is 2. The van der Waals surface area contributed by atoms with Crippen molar-refractivity contribution in [2.75, 3.05) is 17.3 Å². The molecule has 0 spiro atoms. The molecule has 3 aromatic rings. The van der Waals surface area contributed by atoms with Crippen molar-refractivity contribution >= 4 is 29.0 Å². The minimum Gasteiger partial charge on any atom is -0.481 e. The molecule has 31 heavy (non-hydrogen) atoms. The lowest BCUT2D eigenvalue weighted by molar-refractivity contribution is 0.158. The van der Waals surface area contributed by atoms with E-state index in [9.17, 15) is 14.3 Å². The number of aliphatic hydroxyl groups excluding tert-OH is 1. The summed E-state index contributed by atoms with van der Waals surface area (Å²) < 4.78 is 18.6. The van der Waals surface area contributed by atoms with Gasteiger partial charge in [-0.1, -0.05) is 11.6 Å². The quantitative estimate of drug-likeness (QED) is 0.555. The van der Waals surface area contributed by atoms with E-state index in [4.69, 9.17) is 16.3 Å². The van der Waals surface area contributed by atoms with Crippen molar-refractivity contribution < 1.29 is 19.0 Å². The second-order valence-electron chi connectivity index (χ2n) is 7.23. The summed E-state index contributed by atoms with van der Waals surface area (Å²) >= 11 is 5.83. The van der Waals surface area contributed by atoms with Gasteiger partial charge in [0, 0.05) is 29.4 Å². The molecule has 1 atom stereocenters. The maximum Gasteiger partial charge on any atom is 0.326 e. The van der Waals surface area contributed by atoms with Gasteiger partial charge in [-0.2, -0.15) is 5.10 Å². The summed E-state index contributed by atoms with van der Waals surface area (Å²) in [6.07, 6.45) is 2.94. The number of aromatic nitrogens is 3. The summed E-state index contributed by atoms with van der Waals surface area (Å²) in [4.78, 5) is 18.8. The Balaban J connectivity index is 1.63. The summed E-state index contributed by atoms with van der Waals surface area (Å²) in [6.45, 7) is 0.146. The van der Waals surface area contributed by atoms with Crippen molar-refractivity contribution in [2.24, 2.45) is 0 Å². The number of ether oxygens (including phenoxy) is 1. The summed E-state index contributed by atoms with van der Waals surface area (Å²) in [5.41, 5.74) is 3.42. The second kappa shape index (κ2) is 8.91. The molecule has 1 aromatic carbocycles. The highest BCUT2D eigenvalue weighted by atomic mass is 35.5. The van der Waals surface area contributed by atoms with Crippen molar-refractivity contribution in [3.05, 3.63) is 64.3 Å². The molecule has 2 heterocycles. The predicted molar refractivity (Wildman–Crippen MR) is 114 cm³/mol. The number of H-pyrrole nitrogens is 1. The van der Waals surface area contributed by atoms with E-state index in [1.807, 2.05) is 0 Å². The number of rotatable bonds is 5. The van der Waals surface area contributed by atoms with Gasteiger partial charge in [0.15, 0.2) is 0 Å². The van der Waals surface area contributed by atoms with E-state index in [1.165, 1.54) is 36.4 Å². The van der Waals surface area contributed by atoms with Crippen molar-refractivity contribution in [1.29, 1.82) is 0 Å². The van der Waals surface area contributed by atoms with Gasteiger partial charge in [0.1, 0.15) is 5.82 Å². The van der Waals surface area contributed by atoms with Gasteiger partial charge < -0.3 is 15.2 Å². The van der Waals surface area contributed by atoms with E-state index in [-0.39, 0.29) is 11.6 Å². The fourth-order valence-electron chi connectivity index (χ4n) is 3.52. The third kappa shape index (κ3) is 4.62. The molecule has 10 heteroatoms. The number of aryl methyl sites for hydroxylation is 1. The summed E-state index contributed by atoms with van der Waals surface area (Å²) in [5.74, 6) is -0.160. The number of fused-ring (bicyclic) bond motifs is 1. The number of hydrogen-bond acceptors (Lipinski definition) is 5. The van der Waals surface area contributed by atoms with Gasteiger partial charge in [0.05, 0.1) is 42.4 Å². The first-order chi connectivity index (χ1) is 14.9. The van der Waals surface area contributed by atoms with Crippen LogP contribution in [0, 0.1) is 5.82 Å². The molecule has 2 aromatic heterocycles. The largest absolute Gasteiger partial charge is 0.481 e. The second-order valence-corrected chi connectivity index (χ2v) is 7.64. The molecule has 1 aliphatic carbocycles. The Labute approximate surface area is 183 Å². The highest BCUT2D eigenvalue weighted by Gasteiger charge is 2.26. The summed E-state index contributed by atoms with van der Waals surface area (Å²) in [5, 5.41) is 20.1. The fourth-order valence-corrected chi connectivity index (χ4v) is 3.70. The first-order valence-electron chi connectivity index (χ1n) is 9.71. The predicted octanol–water partition coefficient (Wildman–Crippen LogP) is 3.69. The van der Waals surface area contributed by atoms with Crippen molar-refractivity contribution in [3.8, 4) is 5.88 Å². The van der Waals surface area contributed by atoms with E-state index in [2.05, 4.69) is 20.5 Å². The Hall–Kier alpha value is -3.17. The van der Waals surface area contributed by atoms with Crippen LogP contribution in [0.4, 0.5) is 20.6 Å². The Morgan fingerprint density at radius 1 is 1.42 bits per heavy atom. The number of carbonyl (C=O) groups excluding carboxylic acids is 1. The van der Waals surface area contributed by atoms with Crippen LogP contribution in [0.25, 0.3) is 0 Å². The zero-order chi connectivity index (χ0) is 22.0. The average molecular weight is 446 g/mol. The number of halogens is 2. The molecule has 0 bridgehead atoms. The normalized spacial score (nSPS) is 15.3. The van der Waals surface area contributed by atoms with Crippen molar-refractivity contribution in [2.45, 2.75) is 31.9 Å². The van der Waals surface area contributed by atoms with Crippen molar-refractivity contribution in [1.82, 2.24) is 15.2 Å². The standard InChI is InChI=1S/C21H21ClFN5O3/c1-31-20-7-3-13(10-24-20)28(21(30)25-12-2-5-17(23)16(22)8-12)11-19-15-9-14(29)4-6-18(15)26-27-19/h2-3,5,7-8,10,14,29H,4,6,9,11H2,1H3,(H,25,30)(H,26,27). The molecule has 4 rings (SSSR count). The first-order valence-corrected chi connectivity index (χ1v) is 10.1. The van der Waals surface area contributed by atoms with Crippen LogP contribution in [-0.2, 0) is 19.4 Å². The highest BCUT2D eigenvalue weighted by molar-refractivity contribution is 6.31. The maximum absolute atomic E-state index is 13.5. The molecule has 2 amide bonds. The third-order valence-corrected chi connectivity index (χ3v) is 5.46. The number of methoxy groups -OCH3 is 1. The van der Waals surface area contributed by atoms with E-state index < -0.39 is 18.0 Å². The number of anilines is 2. The Morgan fingerprint density at radius 3 is 2.97 bits per heavy atom. The zero-order valence-electron chi connectivity index (χ0n) is 16.7. The minimum atomic E-state index is -0.572. The smallest absolute Gasteiger partial charge is 0.326 e. The molecule has 0 saturated carbocycles. The van der Waals surface area contributed by atoms with E-state index in [1.54, 1.807) is 12.1 Å². The molecule has 1 unspecified atom stereocenters. The van der Waals surface area contributed by atoms with Crippen LogP contribution >= 0.6 is 11.6 Å². The van der Waals surface area contributed by atoms with Crippen LogP contribution in [0.3, 0.4) is 0 Å². The van der Waals surface area contributed by atoms with Crippen molar-refractivity contribution in [3.63, 3.8) is 0 Å². The molecule has 0 radical (unpaired) electrons. The maximum atomic E-state index is 13.5. The first kappa shape index (κ1) is 21.1. The molecule has 1 aliphatic rings. The van der Waals surface area contributed by atoms with Gasteiger partial charge in [0.2, 0.25) is 5.88 Å². The number of carbonyl (C=O) groups is 1. The number of aliphatic hydroxyl groups is 1. The van der Waals surface area contributed by atoms with Gasteiger partial charge in [-0.05, 0) is 37.1 Å². The number of nitrogens with zero attached hydrogens (tertiary/aromatic N) is 3. The highest BCUT2D eigenvalue weighted by Crippen LogP contribution is 2.27. The van der Waals surface area contributed by atoms with Gasteiger partial charge in [-0.3, -0.25) is 10.00 Å². The van der Waals surface area contributed by atoms with Crippen LogP contribution in [0.15, 0.2) is 36.5 Å². The van der Waals surface area contributed by atoms with E-state index in [0.717, 1.165) is 11.3 Å². The van der Waals surface area contributed by atoms with Crippen LogP contribution in [0.1, 0.15) is 23.4 Å². The number of amides is 2. The molecule has 0 fully saturated rings. The van der Waals surface area contributed by atoms with Crippen LogP contribution in [0.2, 0.25) is 5.02 Å². The molecule has 162 valence electrons. The fraction of sp³-hybridized carbons (Fsp3) is 0.286. The Morgan fingerprint density at radius 2 is 2.26 bits per heavy atom. The topological polar surface area (TPSA) is 103 Å². The lowest BCUT2D eigenvalue weighted by atomic mass is 9.93. The molecule has 0 saturated heterocycles. The summed E-state index contributed by atoms with van der Waals surface area (Å²) in [6, 6.07) is 6.83. The van der Waals surface area contributed by atoms with E-state index >= 15 is 0 Å². The van der Waals surface area contributed by atoms with E-state index in [0.29, 0.717) is 42.2 Å². The number of aromatic amines is 1. The van der Waals surface area contributed by atoms with Gasteiger partial charge in [-0.15, -0.1) is 0 Å². The number of hydrogen-bond donors (Lipinski definition) is 3. The number of benzene rings is 1. The van der Waals surface area contributed by atoms with Gasteiger partial charge >= 0.3 is 6.03 Å². The Kier molecular flexibility index (Phi) is 6.06. The zero-order valence-corrected chi connectivity index (χ0v) is 17.5. The average Bonchev–Trinajstić information content (AvgIpc) is 3.16. The molecule has 0 aliphatic heterocycles. The number of pyridine rings is 1.